The van der Waals surface area contributed by atoms with Crippen LogP contribution in [0.5, 0.6) is 0 Å². The Labute approximate surface area is 189 Å². The molecule has 0 heterocycles. The Morgan fingerprint density at radius 1 is 1.07 bits per heavy atom. The van der Waals surface area contributed by atoms with Crippen LogP contribution in [0.25, 0.3) is 0 Å². The lowest BCUT2D eigenvalue weighted by Crippen LogP contribution is -2.41. The summed E-state index contributed by atoms with van der Waals surface area (Å²) in [6, 6.07) is 14.7. The van der Waals surface area contributed by atoms with Crippen LogP contribution >= 0.6 is 35.7 Å². The first-order valence-corrected chi connectivity index (χ1v) is 11.3. The molecule has 28 heavy (non-hydrogen) atoms. The number of nitrogens with zero attached hydrogens (tertiary/aromatic N) is 1. The number of aryl methyl sites for hydroxylation is 1. The molecular weight excluding hydrogens is 507 g/mol. The number of nitrogens with one attached hydrogen (secondary N) is 3. The molecule has 0 saturated carbocycles. The molecule has 3 N–H and O–H groups in total. The van der Waals surface area contributed by atoms with Gasteiger partial charge in [0, 0.05) is 31.6 Å². The van der Waals surface area contributed by atoms with Crippen molar-refractivity contribution < 1.29 is 8.42 Å². The second-order valence-corrected chi connectivity index (χ2v) is 8.49. The molecule has 9 heteroatoms. The summed E-state index contributed by atoms with van der Waals surface area (Å²) in [4.78, 5) is 5.67. The highest BCUT2D eigenvalue weighted by molar-refractivity contribution is 14.0. The van der Waals surface area contributed by atoms with E-state index in [0.717, 1.165) is 0 Å². The average Bonchev–Trinajstić information content (AvgIpc) is 2.68. The maximum Gasteiger partial charge on any atom is 0.240 e. The molecule has 2 aromatic carbocycles. The topological polar surface area (TPSA) is 82.6 Å². The van der Waals surface area contributed by atoms with Crippen LogP contribution in [0, 0.1) is 6.92 Å². The quantitative estimate of drug-likeness (QED) is 0.160. The normalized spacial score (nSPS) is 11.6. The standard InChI is InChI=1S/C19H26N4O2S2.HI/c1-15-9-10-16(18(13-15)26-3)14-22-19(20-2)21-11-12-23-27(24,25)17-7-5-4-6-8-17;/h4-10,13,23H,11-12,14H2,1-3H3,(H2,20,21,22);1H. The minimum atomic E-state index is -3.49. The van der Waals surface area contributed by atoms with E-state index < -0.39 is 10.0 Å². The van der Waals surface area contributed by atoms with Crippen LogP contribution < -0.4 is 15.4 Å². The molecule has 2 aromatic rings. The summed E-state index contributed by atoms with van der Waals surface area (Å²) in [5.41, 5.74) is 2.43. The van der Waals surface area contributed by atoms with Crippen molar-refractivity contribution in [2.24, 2.45) is 4.99 Å². The number of hydrogen-bond acceptors (Lipinski definition) is 4. The molecule has 2 rings (SSSR count). The zero-order chi connectivity index (χ0) is 19.7. The van der Waals surface area contributed by atoms with Gasteiger partial charge in [-0.25, -0.2) is 13.1 Å². The Kier molecular flexibility index (Phi) is 10.9. The molecule has 6 nitrogen and oxygen atoms in total. The Bertz CT molecular complexity index is 875. The summed E-state index contributed by atoms with van der Waals surface area (Å²) in [5, 5.41) is 6.38. The van der Waals surface area contributed by atoms with Crippen molar-refractivity contribution in [2.45, 2.75) is 23.3 Å². The Hall–Kier alpha value is -1.30. The molecule has 0 aliphatic carbocycles. The van der Waals surface area contributed by atoms with Crippen molar-refractivity contribution in [3.63, 3.8) is 0 Å². The van der Waals surface area contributed by atoms with Gasteiger partial charge in [0.25, 0.3) is 0 Å². The van der Waals surface area contributed by atoms with Gasteiger partial charge in [-0.15, -0.1) is 35.7 Å². The van der Waals surface area contributed by atoms with Gasteiger partial charge in [0.2, 0.25) is 10.0 Å². The number of halogens is 1. The molecular formula is C19H27IN4O2S2. The first kappa shape index (κ1) is 24.7. The monoisotopic (exact) mass is 534 g/mol. The molecule has 0 amide bonds. The summed E-state index contributed by atoms with van der Waals surface area (Å²) in [5.74, 6) is 0.626. The van der Waals surface area contributed by atoms with Gasteiger partial charge in [0.15, 0.2) is 5.96 Å². The summed E-state index contributed by atoms with van der Waals surface area (Å²) in [6.45, 7) is 3.41. The molecule has 0 saturated heterocycles. The van der Waals surface area contributed by atoms with E-state index in [2.05, 4.69) is 51.7 Å². The highest BCUT2D eigenvalue weighted by Gasteiger charge is 2.12. The molecule has 0 spiro atoms. The molecule has 0 bridgehead atoms. The van der Waals surface area contributed by atoms with Crippen LogP contribution in [-0.4, -0.2) is 40.8 Å². The Morgan fingerprint density at radius 2 is 1.79 bits per heavy atom. The maximum absolute atomic E-state index is 12.2. The van der Waals surface area contributed by atoms with E-state index in [9.17, 15) is 8.42 Å². The van der Waals surface area contributed by atoms with Crippen LogP contribution in [0.4, 0.5) is 0 Å². The van der Waals surface area contributed by atoms with Crippen molar-refractivity contribution in [3.05, 3.63) is 59.7 Å². The highest BCUT2D eigenvalue weighted by atomic mass is 127. The van der Waals surface area contributed by atoms with E-state index >= 15 is 0 Å². The molecule has 0 aliphatic rings. The van der Waals surface area contributed by atoms with Gasteiger partial charge in [-0.05, 0) is 42.5 Å². The second-order valence-electron chi connectivity index (χ2n) is 5.88. The summed E-state index contributed by atoms with van der Waals surface area (Å²) in [7, 11) is -1.80. The fourth-order valence-corrected chi connectivity index (χ4v) is 4.21. The van der Waals surface area contributed by atoms with Gasteiger partial charge in [-0.2, -0.15) is 0 Å². The van der Waals surface area contributed by atoms with Crippen LogP contribution in [0.2, 0.25) is 0 Å². The number of thioether (sulfide) groups is 1. The SMILES string of the molecule is CN=C(NCCNS(=O)(=O)c1ccccc1)NCc1ccc(C)cc1SC.I. The van der Waals surface area contributed by atoms with Crippen LogP contribution in [-0.2, 0) is 16.6 Å². The third-order valence-corrected chi connectivity index (χ3v) is 6.17. The second kappa shape index (κ2) is 12.3. The predicted molar refractivity (Wildman–Crippen MR) is 128 cm³/mol. The largest absolute Gasteiger partial charge is 0.355 e. The number of guanidine groups is 1. The summed E-state index contributed by atoms with van der Waals surface area (Å²) < 4.78 is 26.9. The van der Waals surface area contributed by atoms with Crippen molar-refractivity contribution in [1.29, 1.82) is 0 Å². The zero-order valence-corrected chi connectivity index (χ0v) is 20.2. The van der Waals surface area contributed by atoms with E-state index in [-0.39, 0.29) is 35.4 Å². The highest BCUT2D eigenvalue weighted by Crippen LogP contribution is 2.21. The fraction of sp³-hybridized carbons (Fsp3) is 0.316. The van der Waals surface area contributed by atoms with Crippen molar-refractivity contribution >= 4 is 51.7 Å². The van der Waals surface area contributed by atoms with Gasteiger partial charge >= 0.3 is 0 Å². The van der Waals surface area contributed by atoms with Gasteiger partial charge < -0.3 is 10.6 Å². The lowest BCUT2D eigenvalue weighted by molar-refractivity contribution is 0.580. The lowest BCUT2D eigenvalue weighted by atomic mass is 10.1. The van der Waals surface area contributed by atoms with E-state index in [1.807, 2.05) is 0 Å². The van der Waals surface area contributed by atoms with Gasteiger partial charge in [-0.1, -0.05) is 30.3 Å². The minimum absolute atomic E-state index is 0. The average molecular weight is 534 g/mol. The first-order chi connectivity index (χ1) is 13.0. The minimum Gasteiger partial charge on any atom is -0.355 e. The molecule has 0 unspecified atom stereocenters. The van der Waals surface area contributed by atoms with E-state index in [1.54, 1.807) is 49.1 Å². The van der Waals surface area contributed by atoms with Crippen LogP contribution in [0.1, 0.15) is 11.1 Å². The Morgan fingerprint density at radius 3 is 2.43 bits per heavy atom. The third-order valence-electron chi connectivity index (χ3n) is 3.88. The maximum atomic E-state index is 12.2. The predicted octanol–water partition coefficient (Wildman–Crippen LogP) is 2.98. The first-order valence-electron chi connectivity index (χ1n) is 8.59. The lowest BCUT2D eigenvalue weighted by Gasteiger charge is -2.14. The fourth-order valence-electron chi connectivity index (χ4n) is 2.45. The van der Waals surface area contributed by atoms with Crippen LogP contribution in [0.3, 0.4) is 0 Å². The smallest absolute Gasteiger partial charge is 0.240 e. The van der Waals surface area contributed by atoms with E-state index in [1.165, 1.54) is 16.0 Å². The van der Waals surface area contributed by atoms with E-state index in [4.69, 9.17) is 0 Å². The van der Waals surface area contributed by atoms with Crippen molar-refractivity contribution in [1.82, 2.24) is 15.4 Å². The van der Waals surface area contributed by atoms with Crippen molar-refractivity contribution in [3.8, 4) is 0 Å². The molecule has 0 fully saturated rings. The number of rotatable bonds is 8. The van der Waals surface area contributed by atoms with Crippen LogP contribution in [0.15, 0.2) is 63.3 Å². The molecule has 0 radical (unpaired) electrons. The molecule has 0 aliphatic heterocycles. The van der Waals surface area contributed by atoms with Crippen molar-refractivity contribution in [2.75, 3.05) is 26.4 Å². The number of sulfonamides is 1. The van der Waals surface area contributed by atoms with Gasteiger partial charge in [0.05, 0.1) is 4.90 Å². The summed E-state index contributed by atoms with van der Waals surface area (Å²) in [6.07, 6.45) is 2.06. The molecule has 154 valence electrons. The van der Waals surface area contributed by atoms with E-state index in [0.29, 0.717) is 19.0 Å². The summed E-state index contributed by atoms with van der Waals surface area (Å²) >= 11 is 1.71. The van der Waals surface area contributed by atoms with Gasteiger partial charge in [0.1, 0.15) is 0 Å². The molecule has 0 aromatic heterocycles. The molecule has 0 atom stereocenters. The third kappa shape index (κ3) is 7.61. The van der Waals surface area contributed by atoms with Gasteiger partial charge in [-0.3, -0.25) is 4.99 Å². The Balaban J connectivity index is 0.00000392. The number of aliphatic imine (C=N–C) groups is 1. The zero-order valence-electron chi connectivity index (χ0n) is 16.2. The number of hydrogen-bond donors (Lipinski definition) is 3. The number of benzene rings is 2.